The zero-order chi connectivity index (χ0) is 14.2. The fourth-order valence-corrected chi connectivity index (χ4v) is 1.59. The maximum absolute atomic E-state index is 11.6. The van der Waals surface area contributed by atoms with E-state index in [0.717, 1.165) is 11.4 Å². The molecule has 0 atom stereocenters. The fourth-order valence-electron chi connectivity index (χ4n) is 1.59. The molecule has 0 aliphatic carbocycles. The quantitative estimate of drug-likeness (QED) is 0.625. The highest BCUT2D eigenvalue weighted by atomic mass is 16.2. The Balaban J connectivity index is 1.66. The standard InChI is InChI=1S/C14H17N5O/c15-13-7-6-12(10-18-13)16-8-9-17-14(20)19-11-4-2-1-3-5-11/h1-7,10,16H,8-9H2,(H2,15,18)(H2,17,19,20). The number of amides is 2. The van der Waals surface area contributed by atoms with Gasteiger partial charge in [0.25, 0.3) is 0 Å². The normalized spacial score (nSPS) is 9.80. The summed E-state index contributed by atoms with van der Waals surface area (Å²) in [6, 6.07) is 12.6. The summed E-state index contributed by atoms with van der Waals surface area (Å²) < 4.78 is 0. The number of urea groups is 1. The number of para-hydroxylation sites is 1. The minimum Gasteiger partial charge on any atom is -0.384 e. The van der Waals surface area contributed by atoms with Crippen molar-refractivity contribution in [3.63, 3.8) is 0 Å². The van der Waals surface area contributed by atoms with E-state index in [-0.39, 0.29) is 6.03 Å². The van der Waals surface area contributed by atoms with Crippen LogP contribution in [-0.4, -0.2) is 24.1 Å². The third-order valence-electron chi connectivity index (χ3n) is 2.56. The van der Waals surface area contributed by atoms with Crippen LogP contribution in [0.4, 0.5) is 22.0 Å². The lowest BCUT2D eigenvalue weighted by Crippen LogP contribution is -2.32. The molecule has 2 amide bonds. The van der Waals surface area contributed by atoms with Crippen LogP contribution in [0.15, 0.2) is 48.7 Å². The molecular weight excluding hydrogens is 254 g/mol. The van der Waals surface area contributed by atoms with Crippen molar-refractivity contribution in [3.05, 3.63) is 48.7 Å². The largest absolute Gasteiger partial charge is 0.384 e. The second kappa shape index (κ2) is 6.98. The molecule has 2 rings (SSSR count). The van der Waals surface area contributed by atoms with Crippen LogP contribution in [0.3, 0.4) is 0 Å². The average Bonchev–Trinajstić information content (AvgIpc) is 2.46. The van der Waals surface area contributed by atoms with Gasteiger partial charge in [-0.3, -0.25) is 0 Å². The molecule has 6 heteroatoms. The Bertz CT molecular complexity index is 541. The molecule has 5 N–H and O–H groups in total. The number of nitrogens with zero attached hydrogens (tertiary/aromatic N) is 1. The van der Waals surface area contributed by atoms with Crippen molar-refractivity contribution in [2.45, 2.75) is 0 Å². The van der Waals surface area contributed by atoms with E-state index in [9.17, 15) is 4.79 Å². The van der Waals surface area contributed by atoms with Gasteiger partial charge < -0.3 is 21.7 Å². The van der Waals surface area contributed by atoms with Crippen molar-refractivity contribution in [2.75, 3.05) is 29.5 Å². The predicted molar refractivity (Wildman–Crippen MR) is 80.6 cm³/mol. The fraction of sp³-hybridized carbons (Fsp3) is 0.143. The second-order valence-electron chi connectivity index (χ2n) is 4.15. The number of nitrogen functional groups attached to an aromatic ring is 1. The molecule has 0 saturated heterocycles. The Labute approximate surface area is 117 Å². The van der Waals surface area contributed by atoms with E-state index in [4.69, 9.17) is 5.73 Å². The minimum absolute atomic E-state index is 0.228. The van der Waals surface area contributed by atoms with Crippen LogP contribution in [0.5, 0.6) is 0 Å². The molecule has 0 fully saturated rings. The Morgan fingerprint density at radius 2 is 1.85 bits per heavy atom. The number of rotatable bonds is 5. The maximum Gasteiger partial charge on any atom is 0.319 e. The van der Waals surface area contributed by atoms with E-state index >= 15 is 0 Å². The van der Waals surface area contributed by atoms with Crippen LogP contribution in [0.1, 0.15) is 0 Å². The van der Waals surface area contributed by atoms with Crippen LogP contribution in [-0.2, 0) is 0 Å². The summed E-state index contributed by atoms with van der Waals surface area (Å²) in [6.07, 6.45) is 1.65. The number of hydrogen-bond donors (Lipinski definition) is 4. The van der Waals surface area contributed by atoms with Gasteiger partial charge in [0.05, 0.1) is 11.9 Å². The number of aromatic nitrogens is 1. The van der Waals surface area contributed by atoms with Crippen molar-refractivity contribution in [1.82, 2.24) is 10.3 Å². The first-order valence-electron chi connectivity index (χ1n) is 6.29. The van der Waals surface area contributed by atoms with Gasteiger partial charge in [-0.25, -0.2) is 9.78 Å². The molecule has 0 aliphatic rings. The molecule has 104 valence electrons. The molecule has 1 aromatic heterocycles. The molecule has 0 bridgehead atoms. The molecule has 0 aliphatic heterocycles. The van der Waals surface area contributed by atoms with E-state index in [0.29, 0.717) is 18.9 Å². The summed E-state index contributed by atoms with van der Waals surface area (Å²) in [6.45, 7) is 1.11. The number of nitrogens with two attached hydrogens (primary N) is 1. The number of carbonyl (C=O) groups is 1. The van der Waals surface area contributed by atoms with Gasteiger partial charge in [-0.2, -0.15) is 0 Å². The molecule has 0 radical (unpaired) electrons. The molecule has 0 unspecified atom stereocenters. The first-order valence-corrected chi connectivity index (χ1v) is 6.29. The molecular formula is C14H17N5O. The van der Waals surface area contributed by atoms with Gasteiger partial charge in [0.2, 0.25) is 0 Å². The van der Waals surface area contributed by atoms with Gasteiger partial charge in [-0.05, 0) is 24.3 Å². The maximum atomic E-state index is 11.6. The van der Waals surface area contributed by atoms with Crippen LogP contribution in [0, 0.1) is 0 Å². The third-order valence-corrected chi connectivity index (χ3v) is 2.56. The number of pyridine rings is 1. The third kappa shape index (κ3) is 4.49. The molecule has 6 nitrogen and oxygen atoms in total. The van der Waals surface area contributed by atoms with Gasteiger partial charge >= 0.3 is 6.03 Å². The summed E-state index contributed by atoms with van der Waals surface area (Å²) in [4.78, 5) is 15.6. The van der Waals surface area contributed by atoms with Crippen molar-refractivity contribution in [1.29, 1.82) is 0 Å². The minimum atomic E-state index is -0.228. The van der Waals surface area contributed by atoms with Crippen LogP contribution in [0.25, 0.3) is 0 Å². The van der Waals surface area contributed by atoms with Crippen LogP contribution in [0.2, 0.25) is 0 Å². The van der Waals surface area contributed by atoms with Gasteiger partial charge in [-0.15, -0.1) is 0 Å². The van der Waals surface area contributed by atoms with Crippen molar-refractivity contribution in [2.24, 2.45) is 0 Å². The molecule has 0 spiro atoms. The molecule has 0 saturated carbocycles. The summed E-state index contributed by atoms with van der Waals surface area (Å²) in [5.41, 5.74) is 7.12. The van der Waals surface area contributed by atoms with E-state index in [1.807, 2.05) is 36.4 Å². The van der Waals surface area contributed by atoms with Crippen LogP contribution < -0.4 is 21.7 Å². The summed E-state index contributed by atoms with van der Waals surface area (Å²) in [5.74, 6) is 0.482. The highest BCUT2D eigenvalue weighted by molar-refractivity contribution is 5.89. The number of anilines is 3. The van der Waals surface area contributed by atoms with E-state index in [2.05, 4.69) is 20.9 Å². The average molecular weight is 271 g/mol. The predicted octanol–water partition coefficient (Wildman–Crippen LogP) is 1.90. The van der Waals surface area contributed by atoms with Crippen molar-refractivity contribution < 1.29 is 4.79 Å². The lowest BCUT2D eigenvalue weighted by Gasteiger charge is -2.09. The highest BCUT2D eigenvalue weighted by Crippen LogP contribution is 2.06. The highest BCUT2D eigenvalue weighted by Gasteiger charge is 1.99. The zero-order valence-electron chi connectivity index (χ0n) is 11.0. The lowest BCUT2D eigenvalue weighted by atomic mass is 10.3. The van der Waals surface area contributed by atoms with Crippen LogP contribution >= 0.6 is 0 Å². The monoisotopic (exact) mass is 271 g/mol. The zero-order valence-corrected chi connectivity index (χ0v) is 11.0. The Hall–Kier alpha value is -2.76. The summed E-state index contributed by atoms with van der Waals surface area (Å²) in [7, 11) is 0. The van der Waals surface area contributed by atoms with Crippen molar-refractivity contribution >= 4 is 23.2 Å². The van der Waals surface area contributed by atoms with E-state index in [1.165, 1.54) is 0 Å². The van der Waals surface area contributed by atoms with Gasteiger partial charge in [0, 0.05) is 18.8 Å². The molecule has 1 aromatic carbocycles. The van der Waals surface area contributed by atoms with Gasteiger partial charge in [0.15, 0.2) is 0 Å². The number of hydrogen-bond acceptors (Lipinski definition) is 4. The molecule has 2 aromatic rings. The Kier molecular flexibility index (Phi) is 4.77. The smallest absolute Gasteiger partial charge is 0.319 e. The first kappa shape index (κ1) is 13.7. The Morgan fingerprint density at radius 3 is 2.55 bits per heavy atom. The van der Waals surface area contributed by atoms with E-state index in [1.54, 1.807) is 12.3 Å². The second-order valence-corrected chi connectivity index (χ2v) is 4.15. The number of nitrogens with one attached hydrogen (secondary N) is 3. The van der Waals surface area contributed by atoms with E-state index < -0.39 is 0 Å². The topological polar surface area (TPSA) is 92.1 Å². The summed E-state index contributed by atoms with van der Waals surface area (Å²) in [5, 5.41) is 8.63. The first-order chi connectivity index (χ1) is 9.74. The van der Waals surface area contributed by atoms with Gasteiger partial charge in [-0.1, -0.05) is 18.2 Å². The molecule has 1 heterocycles. The number of benzene rings is 1. The Morgan fingerprint density at radius 1 is 1.05 bits per heavy atom. The number of carbonyl (C=O) groups excluding carboxylic acids is 1. The SMILES string of the molecule is Nc1ccc(NCCNC(=O)Nc2ccccc2)cn1. The lowest BCUT2D eigenvalue weighted by molar-refractivity contribution is 0.252. The summed E-state index contributed by atoms with van der Waals surface area (Å²) >= 11 is 0. The van der Waals surface area contributed by atoms with Crippen molar-refractivity contribution in [3.8, 4) is 0 Å². The molecule has 20 heavy (non-hydrogen) atoms. The van der Waals surface area contributed by atoms with Gasteiger partial charge in [0.1, 0.15) is 5.82 Å².